The molecule has 1 N–H and O–H groups in total. The Morgan fingerprint density at radius 3 is 2.65 bits per heavy atom. The van der Waals surface area contributed by atoms with E-state index in [1.807, 2.05) is 32.0 Å². The van der Waals surface area contributed by atoms with Crippen LogP contribution in [0.25, 0.3) is 0 Å². The Labute approximate surface area is 117 Å². The molecule has 5 heteroatoms. The third-order valence-corrected chi connectivity index (χ3v) is 3.46. The predicted molar refractivity (Wildman–Crippen MR) is 72.0 cm³/mol. The number of hydrogen-bond donors (Lipinski definition) is 1. The molecule has 1 aliphatic carbocycles. The first kappa shape index (κ1) is 14.8. The summed E-state index contributed by atoms with van der Waals surface area (Å²) in [5.41, 5.74) is 0.939. The number of alkyl halides is 2. The lowest BCUT2D eigenvalue weighted by Crippen LogP contribution is -2.53. The molecule has 1 aromatic carbocycles. The van der Waals surface area contributed by atoms with E-state index in [-0.39, 0.29) is 18.7 Å². The number of benzene rings is 1. The van der Waals surface area contributed by atoms with Gasteiger partial charge >= 0.3 is 0 Å². The van der Waals surface area contributed by atoms with Gasteiger partial charge in [0.05, 0.1) is 0 Å². The molecule has 1 amide bonds. The maximum Gasteiger partial charge on any atom is 0.261 e. The molecule has 0 bridgehead atoms. The Balaban J connectivity index is 1.91. The molecule has 0 radical (unpaired) electrons. The zero-order valence-electron chi connectivity index (χ0n) is 11.7. The van der Waals surface area contributed by atoms with Crippen molar-refractivity contribution in [3.05, 3.63) is 29.8 Å². The second kappa shape index (κ2) is 5.77. The predicted octanol–water partition coefficient (Wildman–Crippen LogP) is 3.07. The van der Waals surface area contributed by atoms with Crippen molar-refractivity contribution in [1.29, 1.82) is 0 Å². The first-order valence-electron chi connectivity index (χ1n) is 6.82. The zero-order chi connectivity index (χ0) is 14.8. The molecular weight excluding hydrogens is 264 g/mol. The Morgan fingerprint density at radius 1 is 1.45 bits per heavy atom. The summed E-state index contributed by atoms with van der Waals surface area (Å²) in [4.78, 5) is 12.0. The number of carbonyl (C=O) groups is 1. The molecule has 1 saturated carbocycles. The Kier molecular flexibility index (Phi) is 4.26. The molecule has 0 saturated heterocycles. The van der Waals surface area contributed by atoms with Crippen LogP contribution >= 0.6 is 0 Å². The fraction of sp³-hybridized carbons (Fsp3) is 0.533. The third kappa shape index (κ3) is 3.46. The fourth-order valence-electron chi connectivity index (χ4n) is 2.22. The average Bonchev–Trinajstić information content (AvgIpc) is 2.35. The monoisotopic (exact) mass is 283 g/mol. The second-order valence-corrected chi connectivity index (χ2v) is 5.25. The van der Waals surface area contributed by atoms with Crippen molar-refractivity contribution in [2.45, 2.75) is 51.2 Å². The van der Waals surface area contributed by atoms with Crippen LogP contribution in [0.2, 0.25) is 0 Å². The van der Waals surface area contributed by atoms with Crippen LogP contribution in [0.15, 0.2) is 24.3 Å². The van der Waals surface area contributed by atoms with Crippen LogP contribution in [0.5, 0.6) is 5.75 Å². The van der Waals surface area contributed by atoms with Gasteiger partial charge in [0, 0.05) is 18.9 Å². The Bertz CT molecular complexity index is 483. The van der Waals surface area contributed by atoms with Crippen molar-refractivity contribution in [2.75, 3.05) is 0 Å². The maximum absolute atomic E-state index is 12.7. The standard InChI is InChI=1S/C15H19F2NO2/c1-3-12(20-13-7-5-4-6-10(13)2)14(19)18-11-8-15(16,17)9-11/h4-7,11-12H,3,8-9H2,1-2H3,(H,18,19)/t12-/m1/s1. The summed E-state index contributed by atoms with van der Waals surface area (Å²) in [6.07, 6.45) is -0.715. The summed E-state index contributed by atoms with van der Waals surface area (Å²) in [7, 11) is 0. The van der Waals surface area contributed by atoms with Gasteiger partial charge in [-0.1, -0.05) is 25.1 Å². The average molecular weight is 283 g/mol. The van der Waals surface area contributed by atoms with Gasteiger partial charge in [-0.15, -0.1) is 0 Å². The Hall–Kier alpha value is -1.65. The minimum atomic E-state index is -2.63. The minimum absolute atomic E-state index is 0.278. The number of aryl methyl sites for hydroxylation is 1. The van der Waals surface area contributed by atoms with Gasteiger partial charge in [0.15, 0.2) is 6.10 Å². The van der Waals surface area contributed by atoms with Crippen LogP contribution in [0.4, 0.5) is 8.78 Å². The topological polar surface area (TPSA) is 38.3 Å². The Morgan fingerprint density at radius 2 is 2.10 bits per heavy atom. The minimum Gasteiger partial charge on any atom is -0.480 e. The fourth-order valence-corrected chi connectivity index (χ4v) is 2.22. The molecular formula is C15H19F2NO2. The van der Waals surface area contributed by atoms with Gasteiger partial charge in [-0.2, -0.15) is 0 Å². The van der Waals surface area contributed by atoms with E-state index >= 15 is 0 Å². The lowest BCUT2D eigenvalue weighted by Gasteiger charge is -2.36. The van der Waals surface area contributed by atoms with Gasteiger partial charge in [-0.3, -0.25) is 4.79 Å². The van der Waals surface area contributed by atoms with Crippen LogP contribution in [-0.2, 0) is 4.79 Å². The van der Waals surface area contributed by atoms with Crippen LogP contribution in [-0.4, -0.2) is 24.0 Å². The molecule has 1 atom stereocenters. The van der Waals surface area contributed by atoms with Gasteiger partial charge in [-0.25, -0.2) is 8.78 Å². The normalized spacial score (nSPS) is 19.0. The largest absolute Gasteiger partial charge is 0.480 e. The second-order valence-electron chi connectivity index (χ2n) is 5.25. The maximum atomic E-state index is 12.7. The molecule has 110 valence electrons. The van der Waals surface area contributed by atoms with Crippen LogP contribution in [0, 0.1) is 6.92 Å². The van der Waals surface area contributed by atoms with Crippen molar-refractivity contribution in [1.82, 2.24) is 5.32 Å². The lowest BCUT2D eigenvalue weighted by molar-refractivity contribution is -0.135. The number of carbonyl (C=O) groups excluding carboxylic acids is 1. The molecule has 0 aromatic heterocycles. The summed E-state index contributed by atoms with van der Waals surface area (Å²) in [6.45, 7) is 3.73. The summed E-state index contributed by atoms with van der Waals surface area (Å²) >= 11 is 0. The third-order valence-electron chi connectivity index (χ3n) is 3.46. The van der Waals surface area contributed by atoms with Crippen LogP contribution in [0.1, 0.15) is 31.7 Å². The highest BCUT2D eigenvalue weighted by atomic mass is 19.3. The molecule has 0 aliphatic heterocycles. The molecule has 2 rings (SSSR count). The van der Waals surface area contributed by atoms with E-state index in [0.717, 1.165) is 5.56 Å². The van der Waals surface area contributed by atoms with E-state index in [1.54, 1.807) is 6.07 Å². The first-order chi connectivity index (χ1) is 9.41. The number of para-hydroxylation sites is 1. The van der Waals surface area contributed by atoms with Crippen molar-refractivity contribution in [2.24, 2.45) is 0 Å². The van der Waals surface area contributed by atoms with Crippen molar-refractivity contribution in [3.8, 4) is 5.75 Å². The highest BCUT2D eigenvalue weighted by molar-refractivity contribution is 5.81. The van der Waals surface area contributed by atoms with Gasteiger partial charge in [0.2, 0.25) is 0 Å². The highest BCUT2D eigenvalue weighted by Crippen LogP contribution is 2.37. The summed E-state index contributed by atoms with van der Waals surface area (Å²) < 4.78 is 31.2. The quantitative estimate of drug-likeness (QED) is 0.902. The zero-order valence-corrected chi connectivity index (χ0v) is 11.7. The molecule has 0 spiro atoms. The van der Waals surface area contributed by atoms with Crippen LogP contribution in [0.3, 0.4) is 0 Å². The lowest BCUT2D eigenvalue weighted by atomic mass is 9.88. The molecule has 1 aromatic rings. The molecule has 3 nitrogen and oxygen atoms in total. The summed E-state index contributed by atoms with van der Waals surface area (Å²) in [6, 6.07) is 6.97. The smallest absolute Gasteiger partial charge is 0.261 e. The van der Waals surface area contributed by atoms with Gasteiger partial charge < -0.3 is 10.1 Å². The number of rotatable bonds is 5. The summed E-state index contributed by atoms with van der Waals surface area (Å²) in [5, 5.41) is 2.62. The molecule has 0 unspecified atom stereocenters. The molecule has 1 aliphatic rings. The van der Waals surface area contributed by atoms with Gasteiger partial charge in [-0.05, 0) is 25.0 Å². The first-order valence-corrected chi connectivity index (χ1v) is 6.82. The van der Waals surface area contributed by atoms with Gasteiger partial charge in [0.25, 0.3) is 11.8 Å². The van der Waals surface area contributed by atoms with E-state index in [4.69, 9.17) is 4.74 Å². The molecule has 1 fully saturated rings. The van der Waals surface area contributed by atoms with E-state index < -0.39 is 18.1 Å². The van der Waals surface area contributed by atoms with E-state index in [1.165, 1.54) is 0 Å². The number of hydrogen-bond acceptors (Lipinski definition) is 2. The number of amides is 1. The molecule has 20 heavy (non-hydrogen) atoms. The molecule has 0 heterocycles. The van der Waals surface area contributed by atoms with Crippen molar-refractivity contribution < 1.29 is 18.3 Å². The van der Waals surface area contributed by atoms with E-state index in [2.05, 4.69) is 5.32 Å². The summed E-state index contributed by atoms with van der Waals surface area (Å²) in [5.74, 6) is -2.30. The van der Waals surface area contributed by atoms with Crippen molar-refractivity contribution >= 4 is 5.91 Å². The van der Waals surface area contributed by atoms with Crippen LogP contribution < -0.4 is 10.1 Å². The van der Waals surface area contributed by atoms with E-state index in [0.29, 0.717) is 12.2 Å². The number of ether oxygens (including phenoxy) is 1. The highest BCUT2D eigenvalue weighted by Gasteiger charge is 2.46. The number of nitrogens with one attached hydrogen (secondary N) is 1. The number of halogens is 2. The van der Waals surface area contributed by atoms with E-state index in [9.17, 15) is 13.6 Å². The SMILES string of the molecule is CC[C@@H](Oc1ccccc1C)C(=O)NC1CC(F)(F)C1. The van der Waals surface area contributed by atoms with Gasteiger partial charge in [0.1, 0.15) is 5.75 Å². The van der Waals surface area contributed by atoms with Crippen molar-refractivity contribution in [3.63, 3.8) is 0 Å².